The molecule has 0 bridgehead atoms. The van der Waals surface area contributed by atoms with E-state index in [0.717, 1.165) is 25.3 Å². The first-order valence-electron chi connectivity index (χ1n) is 7.92. The molecule has 0 spiro atoms. The second-order valence-electron chi connectivity index (χ2n) is 6.49. The zero-order valence-corrected chi connectivity index (χ0v) is 13.8. The zero-order chi connectivity index (χ0) is 15.0. The van der Waals surface area contributed by atoms with E-state index in [0.29, 0.717) is 11.5 Å². The monoisotopic (exact) mass is 277 g/mol. The Kier molecular flexibility index (Phi) is 7.08. The topological polar surface area (TPSA) is 21.3 Å². The summed E-state index contributed by atoms with van der Waals surface area (Å²) < 4.78 is 5.57. The van der Waals surface area contributed by atoms with Crippen LogP contribution in [0.1, 0.15) is 53.0 Å². The highest BCUT2D eigenvalue weighted by Crippen LogP contribution is 2.24. The third-order valence-electron chi connectivity index (χ3n) is 3.62. The molecule has 20 heavy (non-hydrogen) atoms. The van der Waals surface area contributed by atoms with Crippen LogP contribution in [0.4, 0.5) is 0 Å². The van der Waals surface area contributed by atoms with Gasteiger partial charge in [0.25, 0.3) is 0 Å². The zero-order valence-electron chi connectivity index (χ0n) is 13.8. The molecule has 0 aliphatic heterocycles. The van der Waals surface area contributed by atoms with Gasteiger partial charge in [0.05, 0.1) is 6.61 Å². The summed E-state index contributed by atoms with van der Waals surface area (Å²) in [6, 6.07) is 9.04. The fourth-order valence-electron chi connectivity index (χ4n) is 2.43. The first kappa shape index (κ1) is 17.0. The minimum absolute atomic E-state index is 0.298. The molecule has 0 radical (unpaired) electrons. The van der Waals surface area contributed by atoms with Crippen LogP contribution < -0.4 is 10.1 Å². The molecule has 1 atom stereocenters. The summed E-state index contributed by atoms with van der Waals surface area (Å²) >= 11 is 0. The Bertz CT molecular complexity index is 381. The molecule has 0 aliphatic carbocycles. The van der Waals surface area contributed by atoms with Gasteiger partial charge in [-0.25, -0.2) is 0 Å². The quantitative estimate of drug-likeness (QED) is 0.759. The molecule has 2 heteroatoms. The average molecular weight is 277 g/mol. The smallest absolute Gasteiger partial charge is 0.119 e. The summed E-state index contributed by atoms with van der Waals surface area (Å²) in [5.74, 6) is 0.985. The minimum Gasteiger partial charge on any atom is -0.494 e. The Labute approximate surface area is 124 Å². The van der Waals surface area contributed by atoms with E-state index in [1.165, 1.54) is 18.4 Å². The average Bonchev–Trinajstić information content (AvgIpc) is 2.38. The maximum absolute atomic E-state index is 5.57. The molecule has 1 N–H and O–H groups in total. The Hall–Kier alpha value is -1.02. The molecule has 0 aromatic heterocycles. The van der Waals surface area contributed by atoms with Gasteiger partial charge in [-0.1, -0.05) is 39.8 Å². The number of hydrogen-bond donors (Lipinski definition) is 1. The molecule has 2 nitrogen and oxygen atoms in total. The van der Waals surface area contributed by atoms with E-state index in [1.807, 2.05) is 13.0 Å². The van der Waals surface area contributed by atoms with Crippen molar-refractivity contribution in [1.29, 1.82) is 0 Å². The van der Waals surface area contributed by atoms with Crippen molar-refractivity contribution < 1.29 is 4.74 Å². The summed E-state index contributed by atoms with van der Waals surface area (Å²) in [6.45, 7) is 13.0. The molecule has 0 saturated heterocycles. The van der Waals surface area contributed by atoms with Crippen molar-refractivity contribution in [3.05, 3.63) is 29.8 Å². The lowest BCUT2D eigenvalue weighted by molar-refractivity contribution is 0.255. The fraction of sp³-hybridized carbons (Fsp3) is 0.667. The van der Waals surface area contributed by atoms with Crippen LogP contribution in [0.3, 0.4) is 0 Å². The number of benzene rings is 1. The van der Waals surface area contributed by atoms with Crippen LogP contribution in [0, 0.1) is 5.41 Å². The second-order valence-corrected chi connectivity index (χ2v) is 6.49. The molecule has 0 heterocycles. The molecule has 1 aromatic rings. The Morgan fingerprint density at radius 3 is 2.55 bits per heavy atom. The molecule has 114 valence electrons. The van der Waals surface area contributed by atoms with Crippen LogP contribution in [0.25, 0.3) is 0 Å². The largest absolute Gasteiger partial charge is 0.494 e. The highest BCUT2D eigenvalue weighted by Gasteiger charge is 2.23. The van der Waals surface area contributed by atoms with E-state index in [4.69, 9.17) is 4.74 Å². The Morgan fingerprint density at radius 1 is 1.20 bits per heavy atom. The Balaban J connectivity index is 2.60. The molecular weight excluding hydrogens is 246 g/mol. The van der Waals surface area contributed by atoms with E-state index in [2.05, 4.69) is 51.2 Å². The van der Waals surface area contributed by atoms with Gasteiger partial charge in [-0.2, -0.15) is 0 Å². The lowest BCUT2D eigenvalue weighted by atomic mass is 9.83. The minimum atomic E-state index is 0.298. The number of nitrogens with one attached hydrogen (secondary N) is 1. The fourth-order valence-corrected chi connectivity index (χ4v) is 2.43. The summed E-state index contributed by atoms with van der Waals surface area (Å²) in [5, 5.41) is 3.69. The van der Waals surface area contributed by atoms with Gasteiger partial charge in [-0.05, 0) is 55.8 Å². The molecule has 0 amide bonds. The number of aryl methyl sites for hydroxylation is 1. The molecule has 1 aromatic carbocycles. The van der Waals surface area contributed by atoms with Crippen LogP contribution in [-0.4, -0.2) is 19.2 Å². The van der Waals surface area contributed by atoms with Crippen LogP contribution in [0.5, 0.6) is 5.75 Å². The maximum atomic E-state index is 5.57. The van der Waals surface area contributed by atoms with Crippen LogP contribution in [0.2, 0.25) is 0 Å². The molecule has 1 unspecified atom stereocenters. The first-order valence-corrected chi connectivity index (χ1v) is 7.92. The van der Waals surface area contributed by atoms with Crippen molar-refractivity contribution in [3.8, 4) is 5.75 Å². The van der Waals surface area contributed by atoms with Crippen molar-refractivity contribution in [2.75, 3.05) is 13.2 Å². The third kappa shape index (κ3) is 5.96. The van der Waals surface area contributed by atoms with Crippen LogP contribution in [-0.2, 0) is 6.42 Å². The van der Waals surface area contributed by atoms with Gasteiger partial charge in [0.15, 0.2) is 0 Å². The number of rotatable bonds is 8. The molecule has 1 rings (SSSR count). The predicted molar refractivity (Wildman–Crippen MR) is 87.5 cm³/mol. The lowest BCUT2D eigenvalue weighted by Crippen LogP contribution is -2.41. The van der Waals surface area contributed by atoms with Crippen molar-refractivity contribution in [3.63, 3.8) is 0 Å². The standard InChI is InChI=1S/C18H31NO/c1-6-13-19-17(18(3,4)5)12-11-15-9-8-10-16(14-15)20-7-2/h8-10,14,17,19H,6-7,11-13H2,1-5H3. The van der Waals surface area contributed by atoms with Crippen molar-refractivity contribution in [2.45, 2.75) is 59.9 Å². The van der Waals surface area contributed by atoms with Crippen molar-refractivity contribution in [1.82, 2.24) is 5.32 Å². The van der Waals surface area contributed by atoms with Gasteiger partial charge >= 0.3 is 0 Å². The second kappa shape index (κ2) is 8.31. The summed E-state index contributed by atoms with van der Waals surface area (Å²) in [5.41, 5.74) is 1.66. The van der Waals surface area contributed by atoms with Crippen LogP contribution in [0.15, 0.2) is 24.3 Å². The van der Waals surface area contributed by atoms with Crippen molar-refractivity contribution >= 4 is 0 Å². The SMILES string of the molecule is CCCNC(CCc1cccc(OCC)c1)C(C)(C)C. The van der Waals surface area contributed by atoms with E-state index in [-0.39, 0.29) is 0 Å². The van der Waals surface area contributed by atoms with Gasteiger partial charge in [0.2, 0.25) is 0 Å². The summed E-state index contributed by atoms with van der Waals surface area (Å²) in [7, 11) is 0. The number of ether oxygens (including phenoxy) is 1. The van der Waals surface area contributed by atoms with Gasteiger partial charge in [0, 0.05) is 6.04 Å². The molecule has 0 fully saturated rings. The highest BCUT2D eigenvalue weighted by atomic mass is 16.5. The third-order valence-corrected chi connectivity index (χ3v) is 3.62. The van der Waals surface area contributed by atoms with E-state index in [1.54, 1.807) is 0 Å². The highest BCUT2D eigenvalue weighted by molar-refractivity contribution is 5.28. The Morgan fingerprint density at radius 2 is 1.95 bits per heavy atom. The normalized spacial score (nSPS) is 13.2. The van der Waals surface area contributed by atoms with Gasteiger partial charge in [0.1, 0.15) is 5.75 Å². The van der Waals surface area contributed by atoms with E-state index in [9.17, 15) is 0 Å². The van der Waals surface area contributed by atoms with E-state index >= 15 is 0 Å². The molecule has 0 aliphatic rings. The van der Waals surface area contributed by atoms with Gasteiger partial charge < -0.3 is 10.1 Å². The van der Waals surface area contributed by atoms with Crippen LogP contribution >= 0.6 is 0 Å². The maximum Gasteiger partial charge on any atom is 0.119 e. The predicted octanol–water partition coefficient (Wildman–Crippen LogP) is 4.43. The number of hydrogen-bond acceptors (Lipinski definition) is 2. The van der Waals surface area contributed by atoms with E-state index < -0.39 is 0 Å². The van der Waals surface area contributed by atoms with Crippen molar-refractivity contribution in [2.24, 2.45) is 5.41 Å². The van der Waals surface area contributed by atoms with Gasteiger partial charge in [-0.15, -0.1) is 0 Å². The molecular formula is C18H31NO. The molecule has 0 saturated carbocycles. The lowest BCUT2D eigenvalue weighted by Gasteiger charge is -2.32. The summed E-state index contributed by atoms with van der Waals surface area (Å²) in [6.07, 6.45) is 3.45. The summed E-state index contributed by atoms with van der Waals surface area (Å²) in [4.78, 5) is 0. The first-order chi connectivity index (χ1) is 9.47. The van der Waals surface area contributed by atoms with Gasteiger partial charge in [-0.3, -0.25) is 0 Å².